The van der Waals surface area contributed by atoms with Crippen LogP contribution in [-0.2, 0) is 4.74 Å². The molecular formula is C15H24O2. The molecule has 1 aliphatic heterocycles. The second-order valence-electron chi connectivity index (χ2n) is 5.92. The number of allylic oxidation sites excluding steroid dienone is 3. The Morgan fingerprint density at radius 2 is 2.18 bits per heavy atom. The van der Waals surface area contributed by atoms with Crippen molar-refractivity contribution in [1.82, 2.24) is 0 Å². The maximum absolute atomic E-state index is 10.2. The summed E-state index contributed by atoms with van der Waals surface area (Å²) < 4.78 is 5.60. The number of rotatable bonds is 3. The van der Waals surface area contributed by atoms with Gasteiger partial charge in [0.2, 0.25) is 0 Å². The van der Waals surface area contributed by atoms with Gasteiger partial charge in [-0.25, -0.2) is 0 Å². The first-order valence-corrected chi connectivity index (χ1v) is 6.62. The second-order valence-corrected chi connectivity index (χ2v) is 5.92. The molecule has 2 heteroatoms. The molecule has 0 spiro atoms. The van der Waals surface area contributed by atoms with Gasteiger partial charge in [-0.3, -0.25) is 0 Å². The van der Waals surface area contributed by atoms with Crippen molar-refractivity contribution in [3.63, 3.8) is 0 Å². The Morgan fingerprint density at radius 3 is 2.82 bits per heavy atom. The maximum atomic E-state index is 10.2. The van der Waals surface area contributed by atoms with Crippen LogP contribution in [0.15, 0.2) is 22.8 Å². The lowest BCUT2D eigenvalue weighted by molar-refractivity contribution is 0.163. The van der Waals surface area contributed by atoms with Gasteiger partial charge >= 0.3 is 0 Å². The molecule has 2 nitrogen and oxygen atoms in total. The third kappa shape index (κ3) is 2.63. The van der Waals surface area contributed by atoms with E-state index in [-0.39, 0.29) is 17.8 Å². The van der Waals surface area contributed by atoms with Crippen molar-refractivity contribution < 1.29 is 9.84 Å². The Balaban J connectivity index is 1.98. The lowest BCUT2D eigenvalue weighted by Gasteiger charge is -2.23. The number of aliphatic hydroxyl groups is 1. The molecule has 0 aromatic heterocycles. The summed E-state index contributed by atoms with van der Waals surface area (Å²) in [6.07, 6.45) is 6.15. The van der Waals surface area contributed by atoms with Crippen molar-refractivity contribution in [2.45, 2.75) is 71.2 Å². The molecule has 0 bridgehead atoms. The molecule has 1 saturated heterocycles. The van der Waals surface area contributed by atoms with Gasteiger partial charge in [-0.15, -0.1) is 0 Å². The summed E-state index contributed by atoms with van der Waals surface area (Å²) in [6.45, 7) is 8.52. The van der Waals surface area contributed by atoms with E-state index in [9.17, 15) is 5.11 Å². The van der Waals surface area contributed by atoms with E-state index in [1.54, 1.807) is 0 Å². The van der Waals surface area contributed by atoms with Gasteiger partial charge in [0.1, 0.15) is 12.2 Å². The van der Waals surface area contributed by atoms with Crippen LogP contribution in [0.3, 0.4) is 0 Å². The quantitative estimate of drug-likeness (QED) is 0.602. The number of aliphatic hydroxyl groups excluding tert-OH is 1. The molecule has 1 saturated carbocycles. The van der Waals surface area contributed by atoms with Gasteiger partial charge in [-0.1, -0.05) is 17.2 Å². The fourth-order valence-corrected chi connectivity index (χ4v) is 2.77. The second kappa shape index (κ2) is 4.58. The van der Waals surface area contributed by atoms with E-state index >= 15 is 0 Å². The summed E-state index contributed by atoms with van der Waals surface area (Å²) in [5, 5.41) is 10.2. The smallest absolute Gasteiger partial charge is 0.117 e. The van der Waals surface area contributed by atoms with Crippen LogP contribution in [0.25, 0.3) is 0 Å². The summed E-state index contributed by atoms with van der Waals surface area (Å²) >= 11 is 0. The molecule has 2 fully saturated rings. The van der Waals surface area contributed by atoms with Gasteiger partial charge in [0, 0.05) is 0 Å². The van der Waals surface area contributed by atoms with Crippen molar-refractivity contribution in [3.8, 4) is 0 Å². The first-order valence-electron chi connectivity index (χ1n) is 6.62. The van der Waals surface area contributed by atoms with Crippen LogP contribution in [0.5, 0.6) is 0 Å². The van der Waals surface area contributed by atoms with Crippen molar-refractivity contribution >= 4 is 0 Å². The van der Waals surface area contributed by atoms with Crippen LogP contribution < -0.4 is 0 Å². The van der Waals surface area contributed by atoms with E-state index < -0.39 is 0 Å². The molecule has 0 aromatic rings. The van der Waals surface area contributed by atoms with Crippen LogP contribution in [0.2, 0.25) is 0 Å². The van der Waals surface area contributed by atoms with Gasteiger partial charge in [0.05, 0.1) is 5.60 Å². The number of fused-ring (bicyclic) bond motifs is 1. The minimum Gasteiger partial charge on any atom is -0.386 e. The summed E-state index contributed by atoms with van der Waals surface area (Å²) in [7, 11) is 0. The predicted molar refractivity (Wildman–Crippen MR) is 69.9 cm³/mol. The van der Waals surface area contributed by atoms with Gasteiger partial charge in [-0.2, -0.15) is 0 Å². The third-order valence-corrected chi connectivity index (χ3v) is 4.10. The zero-order valence-corrected chi connectivity index (χ0v) is 11.4. The van der Waals surface area contributed by atoms with E-state index in [4.69, 9.17) is 4.74 Å². The highest BCUT2D eigenvalue weighted by molar-refractivity contribution is 5.27. The zero-order chi connectivity index (χ0) is 12.6. The number of ether oxygens (including phenoxy) is 1. The number of epoxide rings is 1. The summed E-state index contributed by atoms with van der Waals surface area (Å²) in [5.41, 5.74) is 3.92. The molecule has 2 aliphatic rings. The monoisotopic (exact) mass is 236 g/mol. The van der Waals surface area contributed by atoms with Gasteiger partial charge in [0.15, 0.2) is 0 Å². The fraction of sp³-hybridized carbons (Fsp3) is 0.733. The van der Waals surface area contributed by atoms with Crippen LogP contribution in [0, 0.1) is 0 Å². The Morgan fingerprint density at radius 1 is 1.47 bits per heavy atom. The lowest BCUT2D eigenvalue weighted by atomic mass is 9.82. The maximum Gasteiger partial charge on any atom is 0.117 e. The molecule has 1 heterocycles. The predicted octanol–water partition coefficient (Wildman–Crippen LogP) is 3.36. The van der Waals surface area contributed by atoms with Crippen LogP contribution in [0.4, 0.5) is 0 Å². The highest BCUT2D eigenvalue weighted by Crippen LogP contribution is 2.49. The fourth-order valence-electron chi connectivity index (χ4n) is 2.77. The SMILES string of the molecule is CC(C)=CCC/C(C)=C1\CC[C@]2(C)O[C@@H]2[C@@H]1O. The highest BCUT2D eigenvalue weighted by atomic mass is 16.6. The average molecular weight is 236 g/mol. The topological polar surface area (TPSA) is 32.8 Å². The standard InChI is InChI=1S/C15H24O2/c1-10(2)6-5-7-11(3)12-8-9-15(4)14(17-15)13(12)16/h6,13-14,16H,5,7-9H2,1-4H3/b12-11+/t13-,14-,15+/m1/s1. The number of hydrogen-bond donors (Lipinski definition) is 1. The average Bonchev–Trinajstić information content (AvgIpc) is 2.91. The minimum atomic E-state index is -0.361. The molecule has 0 aromatic carbocycles. The van der Waals surface area contributed by atoms with Crippen LogP contribution in [0.1, 0.15) is 53.4 Å². The Hall–Kier alpha value is -0.600. The summed E-state index contributed by atoms with van der Waals surface area (Å²) in [4.78, 5) is 0. The third-order valence-electron chi connectivity index (χ3n) is 4.10. The summed E-state index contributed by atoms with van der Waals surface area (Å²) in [6, 6.07) is 0. The van der Waals surface area contributed by atoms with E-state index in [1.807, 2.05) is 0 Å². The molecule has 1 aliphatic carbocycles. The van der Waals surface area contributed by atoms with Crippen LogP contribution >= 0.6 is 0 Å². The highest BCUT2D eigenvalue weighted by Gasteiger charge is 2.59. The lowest BCUT2D eigenvalue weighted by Crippen LogP contribution is -2.30. The van der Waals surface area contributed by atoms with Gasteiger partial charge in [0.25, 0.3) is 0 Å². The Bertz CT molecular complexity index is 363. The summed E-state index contributed by atoms with van der Waals surface area (Å²) in [5.74, 6) is 0. The Kier molecular flexibility index (Phi) is 3.46. The first-order chi connectivity index (χ1) is 7.94. The molecule has 0 unspecified atom stereocenters. The Labute approximate surface area is 104 Å². The molecule has 96 valence electrons. The van der Waals surface area contributed by atoms with E-state index in [2.05, 4.69) is 33.8 Å². The molecule has 0 radical (unpaired) electrons. The van der Waals surface area contributed by atoms with Crippen molar-refractivity contribution in [2.24, 2.45) is 0 Å². The van der Waals surface area contributed by atoms with Gasteiger partial charge < -0.3 is 9.84 Å². The van der Waals surface area contributed by atoms with Crippen molar-refractivity contribution in [3.05, 3.63) is 22.8 Å². The molecule has 1 N–H and O–H groups in total. The van der Waals surface area contributed by atoms with Crippen LogP contribution in [-0.4, -0.2) is 22.9 Å². The molecule has 17 heavy (non-hydrogen) atoms. The van der Waals surface area contributed by atoms with Crippen molar-refractivity contribution in [2.75, 3.05) is 0 Å². The van der Waals surface area contributed by atoms with E-state index in [0.29, 0.717) is 0 Å². The van der Waals surface area contributed by atoms with Crippen molar-refractivity contribution in [1.29, 1.82) is 0 Å². The van der Waals surface area contributed by atoms with E-state index in [1.165, 1.54) is 16.7 Å². The first kappa shape index (κ1) is 12.8. The molecular weight excluding hydrogens is 212 g/mol. The minimum absolute atomic E-state index is 0.0247. The zero-order valence-electron chi connectivity index (χ0n) is 11.4. The number of hydrogen-bond acceptors (Lipinski definition) is 2. The normalized spacial score (nSPS) is 38.4. The largest absolute Gasteiger partial charge is 0.386 e. The molecule has 0 amide bonds. The van der Waals surface area contributed by atoms with Gasteiger partial charge in [-0.05, 0) is 59.0 Å². The van der Waals surface area contributed by atoms with E-state index in [0.717, 1.165) is 25.7 Å². The molecule has 3 atom stereocenters. The molecule has 2 rings (SSSR count).